The molecule has 4 heterocycles. The van der Waals surface area contributed by atoms with Crippen LogP contribution >= 0.6 is 11.3 Å². The Balaban J connectivity index is 1.56. The molecule has 0 unspecified atom stereocenters. The van der Waals surface area contributed by atoms with E-state index in [0.29, 0.717) is 11.4 Å². The van der Waals surface area contributed by atoms with Crippen LogP contribution in [0.3, 0.4) is 0 Å². The summed E-state index contributed by atoms with van der Waals surface area (Å²) < 4.78 is 10.8. The van der Waals surface area contributed by atoms with Crippen molar-refractivity contribution >= 4 is 23.5 Å². The summed E-state index contributed by atoms with van der Waals surface area (Å²) >= 11 is 1.15. The average Bonchev–Trinajstić information content (AvgIpc) is 3.14. The van der Waals surface area contributed by atoms with Crippen LogP contribution in [0.4, 0.5) is 9.59 Å². The van der Waals surface area contributed by atoms with Crippen molar-refractivity contribution in [3.63, 3.8) is 0 Å². The van der Waals surface area contributed by atoms with Gasteiger partial charge in [-0.2, -0.15) is 4.98 Å². The molecule has 2 amide bonds. The summed E-state index contributed by atoms with van der Waals surface area (Å²) in [4.78, 5) is 33.8. The minimum Gasteiger partial charge on any atom is -0.390 e. The molecule has 0 saturated carbocycles. The van der Waals surface area contributed by atoms with Gasteiger partial charge in [0.1, 0.15) is 4.88 Å². The molecule has 3 aliphatic rings. The van der Waals surface area contributed by atoms with Crippen LogP contribution in [0.15, 0.2) is 30.3 Å². The van der Waals surface area contributed by atoms with Crippen molar-refractivity contribution in [2.75, 3.05) is 26.2 Å². The van der Waals surface area contributed by atoms with Crippen molar-refractivity contribution in [3.8, 4) is 21.5 Å². The van der Waals surface area contributed by atoms with Crippen molar-refractivity contribution in [1.82, 2.24) is 14.8 Å². The molecule has 2 N–H and O–H groups in total. The van der Waals surface area contributed by atoms with Crippen molar-refractivity contribution in [3.05, 3.63) is 30.3 Å². The third-order valence-corrected chi connectivity index (χ3v) is 7.35. The maximum atomic E-state index is 13.3. The zero-order valence-electron chi connectivity index (χ0n) is 18.8. The summed E-state index contributed by atoms with van der Waals surface area (Å²) in [6.07, 6.45) is 1.87. The van der Waals surface area contributed by atoms with E-state index in [1.807, 2.05) is 56.0 Å². The van der Waals surface area contributed by atoms with Crippen LogP contribution in [0, 0.1) is 5.41 Å². The first kappa shape index (κ1) is 22.5. The Hall–Kier alpha value is -2.65. The number of fused-ring (bicyclic) bond motifs is 3. The molecule has 0 spiro atoms. The van der Waals surface area contributed by atoms with E-state index in [9.17, 15) is 9.59 Å². The Kier molecular flexibility index (Phi) is 6.13. The summed E-state index contributed by atoms with van der Waals surface area (Å²) in [7, 11) is 0. The molecule has 2 bridgehead atoms. The molecule has 0 atom stereocenters. The number of nitrogens with two attached hydrogens (primary N) is 1. The summed E-state index contributed by atoms with van der Waals surface area (Å²) in [5.41, 5.74) is 5.73. The van der Waals surface area contributed by atoms with Crippen LogP contribution in [-0.4, -0.2) is 58.7 Å². The lowest BCUT2D eigenvalue weighted by molar-refractivity contribution is -0.0149. The molecule has 3 fully saturated rings. The van der Waals surface area contributed by atoms with Gasteiger partial charge in [0, 0.05) is 12.1 Å². The molecular weight excluding hydrogens is 428 g/mol. The summed E-state index contributed by atoms with van der Waals surface area (Å²) in [6.45, 7) is 9.98. The molecule has 1 aromatic carbocycles. The van der Waals surface area contributed by atoms with Gasteiger partial charge < -0.3 is 25.0 Å². The molecule has 9 heteroatoms. The van der Waals surface area contributed by atoms with E-state index in [0.717, 1.165) is 55.8 Å². The number of hydrogen-bond acceptors (Lipinski definition) is 7. The van der Waals surface area contributed by atoms with Gasteiger partial charge in [-0.25, -0.2) is 9.59 Å². The first-order valence-corrected chi connectivity index (χ1v) is 11.7. The predicted octanol–water partition coefficient (Wildman–Crippen LogP) is 4.35. The Morgan fingerprint density at radius 1 is 1.12 bits per heavy atom. The van der Waals surface area contributed by atoms with Gasteiger partial charge in [-0.1, -0.05) is 41.7 Å². The topological polar surface area (TPSA) is 98.0 Å². The first-order valence-electron chi connectivity index (χ1n) is 10.9. The van der Waals surface area contributed by atoms with E-state index in [4.69, 9.17) is 15.2 Å². The SMILES string of the molecule is CC(C)(C)N(CC12CCN(CC1)CC2)C(=O)Oc1nc(OC(N)=O)c(-c2ccccc2)s1. The van der Waals surface area contributed by atoms with E-state index >= 15 is 0 Å². The zero-order chi connectivity index (χ0) is 22.9. The number of benzene rings is 1. The molecule has 32 heavy (non-hydrogen) atoms. The smallest absolute Gasteiger partial charge is 0.390 e. The number of carbonyl (C=O) groups excluding carboxylic acids is 2. The highest BCUT2D eigenvalue weighted by Crippen LogP contribution is 2.43. The maximum Gasteiger partial charge on any atom is 0.417 e. The first-order chi connectivity index (χ1) is 15.2. The van der Waals surface area contributed by atoms with Gasteiger partial charge in [-0.15, -0.1) is 0 Å². The van der Waals surface area contributed by atoms with Crippen molar-refractivity contribution in [1.29, 1.82) is 0 Å². The lowest BCUT2D eigenvalue weighted by Gasteiger charge is -2.51. The Labute approximate surface area is 192 Å². The fraction of sp³-hybridized carbons (Fsp3) is 0.522. The molecule has 3 aliphatic heterocycles. The second-order valence-electron chi connectivity index (χ2n) is 9.62. The van der Waals surface area contributed by atoms with Crippen LogP contribution < -0.4 is 15.2 Å². The van der Waals surface area contributed by atoms with Gasteiger partial charge in [0.2, 0.25) is 5.88 Å². The largest absolute Gasteiger partial charge is 0.417 e. The highest BCUT2D eigenvalue weighted by molar-refractivity contribution is 7.17. The summed E-state index contributed by atoms with van der Waals surface area (Å²) in [5, 5.41) is 0.121. The molecule has 5 rings (SSSR count). The average molecular weight is 459 g/mol. The summed E-state index contributed by atoms with van der Waals surface area (Å²) in [6, 6.07) is 9.35. The Morgan fingerprint density at radius 3 is 2.31 bits per heavy atom. The number of nitrogens with zero attached hydrogens (tertiary/aromatic N) is 3. The van der Waals surface area contributed by atoms with E-state index in [1.165, 1.54) is 0 Å². The quantitative estimate of drug-likeness (QED) is 0.715. The van der Waals surface area contributed by atoms with Gasteiger partial charge in [-0.3, -0.25) is 0 Å². The second kappa shape index (κ2) is 8.71. The highest BCUT2D eigenvalue weighted by atomic mass is 32.1. The lowest BCUT2D eigenvalue weighted by atomic mass is 9.71. The normalized spacial score (nSPS) is 22.4. The van der Waals surface area contributed by atoms with Gasteiger partial charge in [0.25, 0.3) is 5.19 Å². The Bertz CT molecular complexity index is 964. The van der Waals surface area contributed by atoms with E-state index in [1.54, 1.807) is 0 Å². The molecule has 1 aromatic heterocycles. The van der Waals surface area contributed by atoms with Gasteiger partial charge in [-0.05, 0) is 70.6 Å². The molecule has 172 valence electrons. The van der Waals surface area contributed by atoms with Crippen molar-refractivity contribution < 1.29 is 19.1 Å². The zero-order valence-corrected chi connectivity index (χ0v) is 19.6. The van der Waals surface area contributed by atoms with Crippen molar-refractivity contribution in [2.45, 2.75) is 45.6 Å². The number of aromatic nitrogens is 1. The standard InChI is InChI=1S/C23H30N4O4S/c1-22(2,3)27(15-23-9-12-26(13-10-23)14-11-23)21(29)31-20-25-18(30-19(24)28)17(32-20)16-7-5-4-6-8-16/h4-8H,9-15H2,1-3H3,(H2,24,28). The van der Waals surface area contributed by atoms with E-state index < -0.39 is 17.7 Å². The number of ether oxygens (including phenoxy) is 2. The van der Waals surface area contributed by atoms with Crippen LogP contribution in [0.1, 0.15) is 40.0 Å². The number of rotatable bonds is 5. The fourth-order valence-electron chi connectivity index (χ4n) is 4.44. The number of thiazole rings is 1. The minimum atomic E-state index is -0.968. The fourth-order valence-corrected chi connectivity index (χ4v) is 5.29. The van der Waals surface area contributed by atoms with Crippen LogP contribution in [0.5, 0.6) is 11.1 Å². The molecule has 2 aromatic rings. The number of piperidine rings is 3. The minimum absolute atomic E-state index is 0.0389. The number of hydrogen-bond donors (Lipinski definition) is 1. The monoisotopic (exact) mass is 458 g/mol. The van der Waals surface area contributed by atoms with Gasteiger partial charge in [0.05, 0.1) is 0 Å². The third kappa shape index (κ3) is 4.88. The number of carbonyl (C=O) groups is 2. The molecule has 8 nitrogen and oxygen atoms in total. The van der Waals surface area contributed by atoms with E-state index in [-0.39, 0.29) is 16.5 Å². The predicted molar refractivity (Wildman–Crippen MR) is 123 cm³/mol. The maximum absolute atomic E-state index is 13.3. The highest BCUT2D eigenvalue weighted by Gasteiger charge is 2.44. The number of primary amides is 1. The Morgan fingerprint density at radius 2 is 1.75 bits per heavy atom. The summed E-state index contributed by atoms with van der Waals surface area (Å²) in [5.74, 6) is 0.0389. The molecule has 0 radical (unpaired) electrons. The van der Waals surface area contributed by atoms with Crippen LogP contribution in [-0.2, 0) is 0 Å². The van der Waals surface area contributed by atoms with Gasteiger partial charge in [0.15, 0.2) is 0 Å². The van der Waals surface area contributed by atoms with Crippen LogP contribution in [0.2, 0.25) is 0 Å². The second-order valence-corrected chi connectivity index (χ2v) is 10.6. The van der Waals surface area contributed by atoms with Crippen LogP contribution in [0.25, 0.3) is 10.4 Å². The molecular formula is C23H30N4O4S. The lowest BCUT2D eigenvalue weighted by Crippen LogP contribution is -2.57. The number of amides is 2. The molecule has 0 aliphatic carbocycles. The van der Waals surface area contributed by atoms with Crippen molar-refractivity contribution in [2.24, 2.45) is 11.1 Å². The van der Waals surface area contributed by atoms with E-state index in [2.05, 4.69) is 9.88 Å². The third-order valence-electron chi connectivity index (χ3n) is 6.38. The van der Waals surface area contributed by atoms with Gasteiger partial charge >= 0.3 is 12.2 Å². The molecule has 3 saturated heterocycles.